The van der Waals surface area contributed by atoms with E-state index in [1.165, 1.54) is 19.1 Å². The standard InChI is InChI=1S/C22H27N3O5S2/c1-25(21(28)30-2)14-20(27)23-16-7-5-6-15(12-16)17-8-9-18(32-17)22(13-19(26)24-29)10-3-4-11-31-22/h5-9,12,29H,3-4,10-11,13-14H2,1-2H3,(H,23,27)(H,24,26)/t22-/m0/s1. The van der Waals surface area contributed by atoms with E-state index in [2.05, 4.69) is 16.1 Å². The molecule has 0 spiro atoms. The van der Waals surface area contributed by atoms with Crippen molar-refractivity contribution >= 4 is 46.7 Å². The van der Waals surface area contributed by atoms with E-state index in [4.69, 9.17) is 5.21 Å². The maximum atomic E-state index is 12.3. The van der Waals surface area contributed by atoms with Crippen LogP contribution in [0, 0.1) is 0 Å². The molecule has 1 aliphatic heterocycles. The van der Waals surface area contributed by atoms with E-state index in [1.807, 2.05) is 24.3 Å². The summed E-state index contributed by atoms with van der Waals surface area (Å²) < 4.78 is 4.26. The highest BCUT2D eigenvalue weighted by atomic mass is 32.2. The fourth-order valence-electron chi connectivity index (χ4n) is 3.70. The first-order chi connectivity index (χ1) is 15.4. The van der Waals surface area contributed by atoms with Gasteiger partial charge < -0.3 is 15.0 Å². The lowest BCUT2D eigenvalue weighted by Crippen LogP contribution is -2.34. The van der Waals surface area contributed by atoms with E-state index in [-0.39, 0.29) is 29.5 Å². The average Bonchev–Trinajstić information content (AvgIpc) is 3.30. The number of nitrogens with one attached hydrogen (secondary N) is 2. The fourth-order valence-corrected chi connectivity index (χ4v) is 6.58. The van der Waals surface area contributed by atoms with E-state index in [0.717, 1.165) is 40.3 Å². The minimum absolute atomic E-state index is 0.118. The molecule has 8 nitrogen and oxygen atoms in total. The molecule has 10 heteroatoms. The van der Waals surface area contributed by atoms with Gasteiger partial charge in [-0.1, -0.05) is 18.6 Å². The van der Waals surface area contributed by atoms with Crippen molar-refractivity contribution in [1.82, 2.24) is 10.4 Å². The number of likely N-dealkylation sites (N-methyl/N-ethyl adjacent to an activating group) is 1. The van der Waals surface area contributed by atoms with Crippen LogP contribution in [0.2, 0.25) is 0 Å². The molecule has 0 unspecified atom stereocenters. The van der Waals surface area contributed by atoms with Crippen LogP contribution in [0.15, 0.2) is 36.4 Å². The average molecular weight is 478 g/mol. The summed E-state index contributed by atoms with van der Waals surface area (Å²) in [4.78, 5) is 39.0. The zero-order valence-corrected chi connectivity index (χ0v) is 19.7. The molecule has 3 N–H and O–H groups in total. The Labute approximate surface area is 195 Å². The number of thiophene rings is 1. The number of anilines is 1. The molecule has 1 fully saturated rings. The zero-order valence-electron chi connectivity index (χ0n) is 18.1. The second kappa shape index (κ2) is 10.8. The van der Waals surface area contributed by atoms with E-state index in [0.29, 0.717) is 5.69 Å². The van der Waals surface area contributed by atoms with Crippen LogP contribution in [0.1, 0.15) is 30.6 Å². The third kappa shape index (κ3) is 5.81. The highest BCUT2D eigenvalue weighted by molar-refractivity contribution is 8.00. The topological polar surface area (TPSA) is 108 Å². The predicted molar refractivity (Wildman–Crippen MR) is 126 cm³/mol. The third-order valence-corrected chi connectivity index (χ3v) is 8.36. The van der Waals surface area contributed by atoms with Gasteiger partial charge >= 0.3 is 6.09 Å². The number of amides is 3. The van der Waals surface area contributed by atoms with Gasteiger partial charge in [-0.05, 0) is 48.4 Å². The SMILES string of the molecule is COC(=O)N(C)CC(=O)Nc1cccc(-c2ccc([C@@]3(CC(=O)NO)CCCCS3)s2)c1. The van der Waals surface area contributed by atoms with Gasteiger partial charge in [0.2, 0.25) is 11.8 Å². The van der Waals surface area contributed by atoms with Crippen LogP contribution >= 0.6 is 23.1 Å². The van der Waals surface area contributed by atoms with Crippen molar-refractivity contribution in [2.45, 2.75) is 30.4 Å². The number of ether oxygens (including phenoxy) is 1. The zero-order chi connectivity index (χ0) is 23.1. The quantitative estimate of drug-likeness (QED) is 0.410. The molecule has 1 aromatic heterocycles. The fraction of sp³-hybridized carbons (Fsp3) is 0.409. The summed E-state index contributed by atoms with van der Waals surface area (Å²) in [5, 5.41) is 11.8. The molecule has 0 saturated carbocycles. The van der Waals surface area contributed by atoms with Gasteiger partial charge in [0.15, 0.2) is 0 Å². The molecule has 0 radical (unpaired) electrons. The highest BCUT2D eigenvalue weighted by Crippen LogP contribution is 2.50. The Kier molecular flexibility index (Phi) is 8.16. The molecule has 32 heavy (non-hydrogen) atoms. The number of hydrogen-bond donors (Lipinski definition) is 3. The molecule has 0 bridgehead atoms. The number of thioether (sulfide) groups is 1. The Bertz CT molecular complexity index is 972. The first kappa shape index (κ1) is 24.1. The van der Waals surface area contributed by atoms with Crippen LogP contribution in [-0.4, -0.2) is 54.5 Å². The minimum atomic E-state index is -0.579. The second-order valence-corrected chi connectivity index (χ2v) is 10.2. The van der Waals surface area contributed by atoms with Gasteiger partial charge in [-0.15, -0.1) is 23.1 Å². The van der Waals surface area contributed by atoms with Crippen LogP contribution in [0.3, 0.4) is 0 Å². The number of hydrogen-bond acceptors (Lipinski definition) is 7. The van der Waals surface area contributed by atoms with Crippen LogP contribution in [-0.2, 0) is 19.1 Å². The molecule has 172 valence electrons. The van der Waals surface area contributed by atoms with Crippen LogP contribution < -0.4 is 10.8 Å². The molecule has 3 rings (SSSR count). The molecular formula is C22H27N3O5S2. The Hall–Kier alpha value is -2.56. The number of methoxy groups -OCH3 is 1. The van der Waals surface area contributed by atoms with E-state index in [9.17, 15) is 14.4 Å². The van der Waals surface area contributed by atoms with Crippen molar-refractivity contribution < 1.29 is 24.3 Å². The van der Waals surface area contributed by atoms with Gasteiger partial charge in [-0.2, -0.15) is 0 Å². The first-order valence-corrected chi connectivity index (χ1v) is 12.0. The Balaban J connectivity index is 1.76. The smallest absolute Gasteiger partial charge is 0.409 e. The lowest BCUT2D eigenvalue weighted by atomic mass is 9.94. The number of carbonyl (C=O) groups excluding carboxylic acids is 3. The Morgan fingerprint density at radius 1 is 1.19 bits per heavy atom. The highest BCUT2D eigenvalue weighted by Gasteiger charge is 2.38. The summed E-state index contributed by atoms with van der Waals surface area (Å²) in [5.41, 5.74) is 3.35. The molecule has 1 aromatic carbocycles. The summed E-state index contributed by atoms with van der Waals surface area (Å²) in [7, 11) is 2.76. The maximum absolute atomic E-state index is 12.3. The van der Waals surface area contributed by atoms with Crippen LogP contribution in [0.5, 0.6) is 0 Å². The number of nitrogens with zero attached hydrogens (tertiary/aromatic N) is 1. The summed E-state index contributed by atoms with van der Waals surface area (Å²) in [6.45, 7) is -0.118. The predicted octanol–water partition coefficient (Wildman–Crippen LogP) is 4.06. The number of rotatable bonds is 7. The van der Waals surface area contributed by atoms with E-state index < -0.39 is 6.09 Å². The van der Waals surface area contributed by atoms with Gasteiger partial charge in [0, 0.05) is 28.9 Å². The summed E-state index contributed by atoms with van der Waals surface area (Å²) in [6.07, 6.45) is 2.70. The molecule has 2 aromatic rings. The van der Waals surface area contributed by atoms with Crippen molar-refractivity contribution in [1.29, 1.82) is 0 Å². The van der Waals surface area contributed by atoms with Gasteiger partial charge in [0.05, 0.1) is 11.9 Å². The van der Waals surface area contributed by atoms with Crippen LogP contribution in [0.25, 0.3) is 10.4 Å². The third-order valence-electron chi connectivity index (χ3n) is 5.28. The summed E-state index contributed by atoms with van der Waals surface area (Å²) in [6, 6.07) is 11.6. The molecule has 1 atom stereocenters. The van der Waals surface area contributed by atoms with Gasteiger partial charge in [0.1, 0.15) is 6.54 Å². The molecule has 3 amide bonds. The normalized spacial score (nSPS) is 18.0. The number of carbonyl (C=O) groups is 3. The van der Waals surface area contributed by atoms with E-state index in [1.54, 1.807) is 34.6 Å². The molecule has 1 saturated heterocycles. The summed E-state index contributed by atoms with van der Waals surface area (Å²) in [5.74, 6) is 0.276. The lowest BCUT2D eigenvalue weighted by molar-refractivity contribution is -0.129. The largest absolute Gasteiger partial charge is 0.453 e. The Morgan fingerprint density at radius 3 is 2.69 bits per heavy atom. The van der Waals surface area contributed by atoms with Crippen molar-refractivity contribution in [3.63, 3.8) is 0 Å². The van der Waals surface area contributed by atoms with Gasteiger partial charge in [0.25, 0.3) is 0 Å². The molecular weight excluding hydrogens is 450 g/mol. The van der Waals surface area contributed by atoms with Crippen molar-refractivity contribution in [2.75, 3.05) is 31.8 Å². The summed E-state index contributed by atoms with van der Waals surface area (Å²) >= 11 is 3.40. The van der Waals surface area contributed by atoms with Gasteiger partial charge in [-0.3, -0.25) is 14.8 Å². The van der Waals surface area contributed by atoms with Gasteiger partial charge in [-0.25, -0.2) is 10.3 Å². The monoisotopic (exact) mass is 477 g/mol. The lowest BCUT2D eigenvalue weighted by Gasteiger charge is -2.35. The molecule has 2 heterocycles. The van der Waals surface area contributed by atoms with Crippen molar-refractivity contribution in [3.8, 4) is 10.4 Å². The first-order valence-electron chi connectivity index (χ1n) is 10.2. The molecule has 0 aliphatic carbocycles. The molecule has 1 aliphatic rings. The Morgan fingerprint density at radius 2 is 2.00 bits per heavy atom. The maximum Gasteiger partial charge on any atom is 0.409 e. The minimum Gasteiger partial charge on any atom is -0.453 e. The van der Waals surface area contributed by atoms with Crippen LogP contribution in [0.4, 0.5) is 10.5 Å². The number of benzene rings is 1. The van der Waals surface area contributed by atoms with E-state index >= 15 is 0 Å². The van der Waals surface area contributed by atoms with Crippen molar-refractivity contribution in [2.24, 2.45) is 0 Å². The second-order valence-electron chi connectivity index (χ2n) is 7.63. The number of hydroxylamine groups is 1. The van der Waals surface area contributed by atoms with Crippen molar-refractivity contribution in [3.05, 3.63) is 41.3 Å².